The van der Waals surface area contributed by atoms with E-state index in [4.69, 9.17) is 0 Å². The monoisotopic (exact) mass is 243 g/mol. The Hall–Kier alpha value is -0.981. The van der Waals surface area contributed by atoms with Gasteiger partial charge >= 0.3 is 17.1 Å². The van der Waals surface area contributed by atoms with E-state index in [1.54, 1.807) is 0 Å². The Morgan fingerprint density at radius 1 is 1.07 bits per heavy atom. The van der Waals surface area contributed by atoms with Crippen molar-refractivity contribution in [2.24, 2.45) is 4.99 Å². The first-order valence-electron chi connectivity index (χ1n) is 3.90. The Kier molecular flexibility index (Phi) is 8.01. The van der Waals surface area contributed by atoms with E-state index in [1.165, 1.54) is 0 Å². The Labute approximate surface area is 99.7 Å². The average molecular weight is 243 g/mol. The van der Waals surface area contributed by atoms with Crippen molar-refractivity contribution >= 4 is 23.1 Å². The molecule has 0 unspecified atom stereocenters. The van der Waals surface area contributed by atoms with Crippen LogP contribution in [0, 0.1) is 0 Å². The van der Waals surface area contributed by atoms with Crippen LogP contribution in [0.15, 0.2) is 59.6 Å². The third kappa shape index (κ3) is 5.63. The fraction of sp³-hybridized carbons (Fsp3) is 0. The van der Waals surface area contributed by atoms with Crippen molar-refractivity contribution in [1.82, 2.24) is 0 Å². The molecule has 72 valence electrons. The van der Waals surface area contributed by atoms with Crippen molar-refractivity contribution in [3.63, 3.8) is 0 Å². The molecule has 0 aromatic heterocycles. The third-order valence-electron chi connectivity index (χ3n) is 1.38. The molecule has 0 saturated carbocycles. The molecule has 0 aliphatic heterocycles. The van der Waals surface area contributed by atoms with Crippen molar-refractivity contribution < 1.29 is 17.1 Å². The molecule has 0 bridgehead atoms. The minimum absolute atomic E-state index is 0. The SMILES string of the molecule is S=C=N[c-]1cccc1.[Fe+2].c1cc[cH-]c1. The van der Waals surface area contributed by atoms with Crippen LogP contribution in [0.3, 0.4) is 0 Å². The van der Waals surface area contributed by atoms with Gasteiger partial charge in [-0.1, -0.05) is 17.4 Å². The zero-order valence-electron chi connectivity index (χ0n) is 7.41. The first-order valence-corrected chi connectivity index (χ1v) is 4.30. The van der Waals surface area contributed by atoms with Crippen LogP contribution in [-0.4, -0.2) is 5.16 Å². The van der Waals surface area contributed by atoms with Gasteiger partial charge in [0.15, 0.2) is 0 Å². The zero-order valence-corrected chi connectivity index (χ0v) is 9.33. The topological polar surface area (TPSA) is 12.4 Å². The van der Waals surface area contributed by atoms with Gasteiger partial charge in [0.05, 0.1) is 0 Å². The molecule has 0 atom stereocenters. The third-order valence-corrected chi connectivity index (χ3v) is 1.47. The van der Waals surface area contributed by atoms with Crippen LogP contribution in [0.25, 0.3) is 0 Å². The largest absolute Gasteiger partial charge is 2.00 e. The van der Waals surface area contributed by atoms with Gasteiger partial charge in [0.25, 0.3) is 0 Å². The fourth-order valence-corrected chi connectivity index (χ4v) is 0.917. The van der Waals surface area contributed by atoms with Crippen LogP contribution in [0.4, 0.5) is 5.69 Å². The molecule has 2 aromatic rings. The number of isothiocyanates is 1. The van der Waals surface area contributed by atoms with E-state index in [-0.39, 0.29) is 17.1 Å². The molecule has 0 aliphatic carbocycles. The van der Waals surface area contributed by atoms with Crippen molar-refractivity contribution in [3.05, 3.63) is 54.6 Å². The number of rotatable bonds is 1. The van der Waals surface area contributed by atoms with Crippen LogP contribution in [-0.2, 0) is 17.1 Å². The molecule has 0 amide bonds. The summed E-state index contributed by atoms with van der Waals surface area (Å²) in [5.74, 6) is 0. The van der Waals surface area contributed by atoms with E-state index in [1.807, 2.05) is 54.6 Å². The Bertz CT molecular complexity index is 327. The molecule has 2 aromatic carbocycles. The Balaban J connectivity index is 0.000000246. The average Bonchev–Trinajstić information content (AvgIpc) is 2.79. The van der Waals surface area contributed by atoms with Crippen LogP contribution in [0.2, 0.25) is 0 Å². The molecule has 0 aliphatic rings. The number of hydrogen-bond donors (Lipinski definition) is 0. The van der Waals surface area contributed by atoms with Gasteiger partial charge in [0.1, 0.15) is 0 Å². The second-order valence-electron chi connectivity index (χ2n) is 2.31. The number of nitrogens with zero attached hydrogens (tertiary/aromatic N) is 1. The van der Waals surface area contributed by atoms with E-state index in [2.05, 4.69) is 22.4 Å². The van der Waals surface area contributed by atoms with E-state index in [0.717, 1.165) is 5.69 Å². The molecule has 3 heteroatoms. The zero-order chi connectivity index (χ0) is 9.36. The van der Waals surface area contributed by atoms with Gasteiger partial charge in [0.2, 0.25) is 0 Å². The molecule has 0 saturated heterocycles. The summed E-state index contributed by atoms with van der Waals surface area (Å²) in [6.07, 6.45) is 0. The second kappa shape index (κ2) is 8.61. The van der Waals surface area contributed by atoms with Crippen molar-refractivity contribution in [2.45, 2.75) is 0 Å². The maximum Gasteiger partial charge on any atom is 2.00 e. The van der Waals surface area contributed by atoms with Crippen LogP contribution in [0.5, 0.6) is 0 Å². The maximum atomic E-state index is 4.38. The molecule has 2 rings (SSSR count). The standard InChI is InChI=1S/C6H4NS.C5H5.Fe/c8-5-7-6-3-1-2-4-6;1-2-4-5-3-1;/h1-4H;1-5H;/q2*-1;+2. The number of thiocarbonyl (C=S) groups is 1. The Morgan fingerprint density at radius 2 is 1.64 bits per heavy atom. The molecule has 0 N–H and O–H groups in total. The summed E-state index contributed by atoms with van der Waals surface area (Å²) in [5.41, 5.74) is 0.875. The summed E-state index contributed by atoms with van der Waals surface area (Å²) in [6, 6.07) is 17.6. The molecule has 0 fully saturated rings. The van der Waals surface area contributed by atoms with Gasteiger partial charge in [-0.2, -0.15) is 30.3 Å². The van der Waals surface area contributed by atoms with E-state index >= 15 is 0 Å². The molecule has 0 spiro atoms. The summed E-state index contributed by atoms with van der Waals surface area (Å²) in [4.78, 5) is 3.73. The summed E-state index contributed by atoms with van der Waals surface area (Å²) < 4.78 is 0. The van der Waals surface area contributed by atoms with Crippen molar-refractivity contribution in [2.75, 3.05) is 0 Å². The van der Waals surface area contributed by atoms with Crippen LogP contribution in [0.1, 0.15) is 0 Å². The minimum Gasteiger partial charge on any atom is -0.300 e. The smallest absolute Gasteiger partial charge is 0.300 e. The normalized spacial score (nSPS) is 7.43. The molecule has 0 radical (unpaired) electrons. The number of aliphatic imine (C=N–C) groups is 1. The van der Waals surface area contributed by atoms with Crippen molar-refractivity contribution in [3.8, 4) is 0 Å². The predicted octanol–water partition coefficient (Wildman–Crippen LogP) is 3.54. The molecule has 14 heavy (non-hydrogen) atoms. The summed E-state index contributed by atoms with van der Waals surface area (Å²) in [6.45, 7) is 0. The van der Waals surface area contributed by atoms with E-state index < -0.39 is 0 Å². The quantitative estimate of drug-likeness (QED) is 0.323. The molecular weight excluding hydrogens is 234 g/mol. The predicted molar refractivity (Wildman–Crippen MR) is 58.8 cm³/mol. The van der Waals surface area contributed by atoms with Crippen molar-refractivity contribution in [1.29, 1.82) is 0 Å². The first-order chi connectivity index (χ1) is 6.43. The summed E-state index contributed by atoms with van der Waals surface area (Å²) >= 11 is 4.38. The minimum atomic E-state index is 0. The van der Waals surface area contributed by atoms with Crippen LogP contribution >= 0.6 is 12.2 Å². The van der Waals surface area contributed by atoms with Gasteiger partial charge in [-0.15, -0.1) is 12.1 Å². The van der Waals surface area contributed by atoms with Crippen LogP contribution < -0.4 is 0 Å². The van der Waals surface area contributed by atoms with Gasteiger partial charge in [-0.25, -0.2) is 12.1 Å². The second-order valence-corrected chi connectivity index (χ2v) is 2.49. The van der Waals surface area contributed by atoms with E-state index in [9.17, 15) is 0 Å². The van der Waals surface area contributed by atoms with E-state index in [0.29, 0.717) is 0 Å². The van der Waals surface area contributed by atoms with Gasteiger partial charge in [0, 0.05) is 0 Å². The fourth-order valence-electron chi connectivity index (χ4n) is 0.812. The Morgan fingerprint density at radius 3 is 2.00 bits per heavy atom. The summed E-state index contributed by atoms with van der Waals surface area (Å²) in [7, 11) is 0. The summed E-state index contributed by atoms with van der Waals surface area (Å²) in [5, 5.41) is 2.28. The number of hydrogen-bond acceptors (Lipinski definition) is 2. The van der Waals surface area contributed by atoms with Gasteiger partial charge in [-0.3, -0.25) is 4.99 Å². The first kappa shape index (κ1) is 13.0. The molecular formula is C11H9FeNS. The maximum absolute atomic E-state index is 4.38. The molecule has 0 heterocycles. The van der Waals surface area contributed by atoms with Gasteiger partial charge in [-0.05, 0) is 5.69 Å². The molecule has 1 nitrogen and oxygen atoms in total. The van der Waals surface area contributed by atoms with Gasteiger partial charge < -0.3 is 0 Å².